The first kappa shape index (κ1) is 16.1. The predicted molar refractivity (Wildman–Crippen MR) is 77.0 cm³/mol. The van der Waals surface area contributed by atoms with E-state index in [1.54, 1.807) is 0 Å². The van der Waals surface area contributed by atoms with E-state index in [0.29, 0.717) is 0 Å². The van der Waals surface area contributed by atoms with Crippen LogP contribution in [-0.2, 0) is 10.0 Å². The van der Waals surface area contributed by atoms with Crippen LogP contribution in [0.25, 0.3) is 0 Å². The summed E-state index contributed by atoms with van der Waals surface area (Å²) < 4.78 is 52.4. The molecule has 0 fully saturated rings. The molecular formula is C14H12F2N2O3S. The molecule has 0 atom stereocenters. The number of halogens is 2. The Kier molecular flexibility index (Phi) is 4.53. The van der Waals surface area contributed by atoms with E-state index in [0.717, 1.165) is 18.2 Å². The molecule has 22 heavy (non-hydrogen) atoms. The van der Waals surface area contributed by atoms with Crippen molar-refractivity contribution in [1.82, 2.24) is 4.72 Å². The molecule has 8 heteroatoms. The second kappa shape index (κ2) is 6.20. The van der Waals surface area contributed by atoms with E-state index in [4.69, 9.17) is 0 Å². The first-order valence-electron chi connectivity index (χ1n) is 6.14. The van der Waals surface area contributed by atoms with E-state index in [2.05, 4.69) is 10.0 Å². The summed E-state index contributed by atoms with van der Waals surface area (Å²) in [6, 6.07) is 8.27. The van der Waals surface area contributed by atoms with Crippen molar-refractivity contribution in [3.63, 3.8) is 0 Å². The van der Waals surface area contributed by atoms with Gasteiger partial charge in [0, 0.05) is 5.56 Å². The molecule has 1 amide bonds. The maximum absolute atomic E-state index is 13.5. The van der Waals surface area contributed by atoms with E-state index >= 15 is 0 Å². The van der Waals surface area contributed by atoms with Crippen molar-refractivity contribution in [2.75, 3.05) is 12.4 Å². The summed E-state index contributed by atoms with van der Waals surface area (Å²) in [5.74, 6) is -2.67. The molecular weight excluding hydrogens is 314 g/mol. The van der Waals surface area contributed by atoms with Gasteiger partial charge in [-0.2, -0.15) is 0 Å². The zero-order valence-corrected chi connectivity index (χ0v) is 12.2. The minimum Gasteiger partial charge on any atom is -0.317 e. The number of amides is 1. The van der Waals surface area contributed by atoms with Crippen molar-refractivity contribution in [2.24, 2.45) is 0 Å². The highest BCUT2D eigenvalue weighted by Gasteiger charge is 2.16. The number of hydrogen-bond donors (Lipinski definition) is 2. The lowest BCUT2D eigenvalue weighted by molar-refractivity contribution is 0.102. The molecule has 0 saturated heterocycles. The quantitative estimate of drug-likeness (QED) is 0.904. The van der Waals surface area contributed by atoms with Crippen LogP contribution >= 0.6 is 0 Å². The summed E-state index contributed by atoms with van der Waals surface area (Å²) in [5, 5.41) is 2.09. The molecule has 0 spiro atoms. The second-order valence-corrected chi connectivity index (χ2v) is 6.17. The number of rotatable bonds is 4. The second-order valence-electron chi connectivity index (χ2n) is 4.29. The fraction of sp³-hybridized carbons (Fsp3) is 0.0714. The van der Waals surface area contributed by atoms with Gasteiger partial charge in [-0.1, -0.05) is 12.1 Å². The summed E-state index contributed by atoms with van der Waals surface area (Å²) in [5.41, 5.74) is -0.631. The van der Waals surface area contributed by atoms with Gasteiger partial charge in [-0.25, -0.2) is 21.9 Å². The van der Waals surface area contributed by atoms with E-state index in [9.17, 15) is 22.0 Å². The highest BCUT2D eigenvalue weighted by Crippen LogP contribution is 2.19. The standard InChI is InChI=1S/C14H12F2N2O3S/c1-17-22(20,21)10-5-2-4-9(8-10)14(19)18-13-11(15)6-3-7-12(13)16/h2-8,17H,1H3,(H,18,19). The van der Waals surface area contributed by atoms with Gasteiger partial charge in [0.25, 0.3) is 5.91 Å². The van der Waals surface area contributed by atoms with Crippen LogP contribution in [0.5, 0.6) is 0 Å². The Bertz CT molecular complexity index is 802. The summed E-state index contributed by atoms with van der Waals surface area (Å²) >= 11 is 0. The first-order chi connectivity index (χ1) is 10.3. The molecule has 0 aliphatic heterocycles. The van der Waals surface area contributed by atoms with Gasteiger partial charge in [-0.3, -0.25) is 4.79 Å². The minimum atomic E-state index is -3.72. The maximum Gasteiger partial charge on any atom is 0.255 e. The maximum atomic E-state index is 13.5. The number of anilines is 1. The summed E-state index contributed by atoms with van der Waals surface area (Å²) in [7, 11) is -2.49. The summed E-state index contributed by atoms with van der Waals surface area (Å²) in [6.07, 6.45) is 0. The van der Waals surface area contributed by atoms with Gasteiger partial charge >= 0.3 is 0 Å². The normalized spacial score (nSPS) is 11.2. The van der Waals surface area contributed by atoms with E-state index in [-0.39, 0.29) is 10.5 Å². The average Bonchev–Trinajstić information content (AvgIpc) is 2.51. The third-order valence-electron chi connectivity index (χ3n) is 2.88. The third-order valence-corrected chi connectivity index (χ3v) is 4.29. The molecule has 0 radical (unpaired) electrons. The van der Waals surface area contributed by atoms with Crippen LogP contribution in [-0.4, -0.2) is 21.4 Å². The molecule has 0 aliphatic rings. The molecule has 2 N–H and O–H groups in total. The molecule has 0 unspecified atom stereocenters. The summed E-state index contributed by atoms with van der Waals surface area (Å²) in [6.45, 7) is 0. The van der Waals surface area contributed by atoms with Crippen LogP contribution in [0, 0.1) is 11.6 Å². The number of sulfonamides is 1. The molecule has 0 bridgehead atoms. The van der Waals surface area contributed by atoms with Gasteiger partial charge < -0.3 is 5.32 Å². The molecule has 116 valence electrons. The van der Waals surface area contributed by atoms with Crippen molar-refractivity contribution in [3.8, 4) is 0 Å². The van der Waals surface area contributed by atoms with E-state index in [1.807, 2.05) is 0 Å². The monoisotopic (exact) mass is 326 g/mol. The van der Waals surface area contributed by atoms with Crippen molar-refractivity contribution in [1.29, 1.82) is 0 Å². The summed E-state index contributed by atoms with van der Waals surface area (Å²) in [4.78, 5) is 11.9. The van der Waals surface area contributed by atoms with Gasteiger partial charge in [0.2, 0.25) is 10.0 Å². The fourth-order valence-electron chi connectivity index (χ4n) is 1.73. The molecule has 0 heterocycles. The topological polar surface area (TPSA) is 75.3 Å². The van der Waals surface area contributed by atoms with Gasteiger partial charge in [-0.05, 0) is 37.4 Å². The zero-order chi connectivity index (χ0) is 16.3. The number of carbonyl (C=O) groups excluding carboxylic acids is 1. The number of nitrogens with one attached hydrogen (secondary N) is 2. The Morgan fingerprint density at radius 2 is 1.64 bits per heavy atom. The Morgan fingerprint density at radius 1 is 1.05 bits per heavy atom. The van der Waals surface area contributed by atoms with Gasteiger partial charge in [0.15, 0.2) is 0 Å². The van der Waals surface area contributed by atoms with Crippen molar-refractivity contribution < 1.29 is 22.0 Å². The molecule has 5 nitrogen and oxygen atoms in total. The Balaban J connectivity index is 2.33. The Morgan fingerprint density at radius 3 is 2.23 bits per heavy atom. The van der Waals surface area contributed by atoms with E-state index < -0.39 is 33.3 Å². The smallest absolute Gasteiger partial charge is 0.255 e. The molecule has 0 aliphatic carbocycles. The fourth-order valence-corrected chi connectivity index (χ4v) is 2.50. The molecule has 2 aromatic carbocycles. The lowest BCUT2D eigenvalue weighted by Crippen LogP contribution is -2.20. The predicted octanol–water partition coefficient (Wildman–Crippen LogP) is 2.13. The molecule has 0 saturated carbocycles. The number of carbonyl (C=O) groups is 1. The number of benzene rings is 2. The lowest BCUT2D eigenvalue weighted by atomic mass is 10.2. The molecule has 0 aromatic heterocycles. The number of para-hydroxylation sites is 1. The van der Waals surface area contributed by atoms with Crippen molar-refractivity contribution >= 4 is 21.6 Å². The van der Waals surface area contributed by atoms with Crippen molar-refractivity contribution in [3.05, 3.63) is 59.7 Å². The van der Waals surface area contributed by atoms with Crippen LogP contribution in [0.4, 0.5) is 14.5 Å². The molecule has 2 aromatic rings. The third kappa shape index (κ3) is 3.29. The van der Waals surface area contributed by atoms with Crippen LogP contribution in [0.3, 0.4) is 0 Å². The van der Waals surface area contributed by atoms with Crippen molar-refractivity contribution in [2.45, 2.75) is 4.90 Å². The van der Waals surface area contributed by atoms with Crippen LogP contribution in [0.15, 0.2) is 47.4 Å². The van der Waals surface area contributed by atoms with Crippen LogP contribution in [0.1, 0.15) is 10.4 Å². The Hall–Kier alpha value is -2.32. The zero-order valence-electron chi connectivity index (χ0n) is 11.4. The van der Waals surface area contributed by atoms with Gasteiger partial charge in [-0.15, -0.1) is 0 Å². The Labute approximate surface area is 126 Å². The van der Waals surface area contributed by atoms with Gasteiger partial charge in [0.05, 0.1) is 4.90 Å². The highest BCUT2D eigenvalue weighted by atomic mass is 32.2. The van der Waals surface area contributed by atoms with E-state index in [1.165, 1.54) is 31.3 Å². The molecule has 2 rings (SSSR count). The largest absolute Gasteiger partial charge is 0.317 e. The first-order valence-corrected chi connectivity index (χ1v) is 7.62. The van der Waals surface area contributed by atoms with Gasteiger partial charge in [0.1, 0.15) is 17.3 Å². The van der Waals surface area contributed by atoms with Crippen LogP contribution in [0.2, 0.25) is 0 Å². The average molecular weight is 326 g/mol. The highest BCUT2D eigenvalue weighted by molar-refractivity contribution is 7.89. The SMILES string of the molecule is CNS(=O)(=O)c1cccc(C(=O)Nc2c(F)cccc2F)c1. The minimum absolute atomic E-state index is 0.0426. The lowest BCUT2D eigenvalue weighted by Gasteiger charge is -2.09. The van der Waals surface area contributed by atoms with Crippen LogP contribution < -0.4 is 10.0 Å². The number of hydrogen-bond acceptors (Lipinski definition) is 3.